The fourth-order valence-corrected chi connectivity index (χ4v) is 1.43. The van der Waals surface area contributed by atoms with Crippen LogP contribution in [0.25, 0.3) is 0 Å². The third-order valence-electron chi connectivity index (χ3n) is 2.31. The van der Waals surface area contributed by atoms with Crippen molar-refractivity contribution in [3.05, 3.63) is 29.6 Å². The van der Waals surface area contributed by atoms with Crippen LogP contribution in [0, 0.1) is 5.82 Å². The van der Waals surface area contributed by atoms with E-state index in [2.05, 4.69) is 10.1 Å². The Labute approximate surface area is 108 Å². The molecule has 1 unspecified atom stereocenters. The molecule has 0 radical (unpaired) electrons. The Morgan fingerprint density at radius 3 is 2.63 bits per heavy atom. The molecule has 0 aliphatic rings. The molecule has 0 saturated heterocycles. The first-order chi connectivity index (χ1) is 8.78. The van der Waals surface area contributed by atoms with Gasteiger partial charge in [-0.15, -0.1) is 13.2 Å². The molecule has 0 spiro atoms. The Balaban J connectivity index is 2.66. The number of nitrogens with one attached hydrogen (secondary N) is 1. The van der Waals surface area contributed by atoms with Crippen LogP contribution in [0.15, 0.2) is 18.2 Å². The van der Waals surface area contributed by atoms with Crippen LogP contribution >= 0.6 is 0 Å². The molecule has 19 heavy (non-hydrogen) atoms. The number of benzene rings is 1. The highest BCUT2D eigenvalue weighted by atomic mass is 19.4. The molecular weight excluding hydrogens is 266 g/mol. The van der Waals surface area contributed by atoms with Crippen LogP contribution in [0.5, 0.6) is 5.75 Å². The fraction of sp³-hybridized carbons (Fsp3) is 0.500. The zero-order chi connectivity index (χ0) is 14.5. The van der Waals surface area contributed by atoms with Crippen molar-refractivity contribution < 1.29 is 27.4 Å². The second-order valence-corrected chi connectivity index (χ2v) is 4.11. The maximum atomic E-state index is 12.9. The molecule has 0 heterocycles. The van der Waals surface area contributed by atoms with Crippen LogP contribution in [-0.4, -0.2) is 24.1 Å². The van der Waals surface area contributed by atoms with Crippen LogP contribution < -0.4 is 10.1 Å². The summed E-state index contributed by atoms with van der Waals surface area (Å²) in [6.07, 6.45) is -4.88. The summed E-state index contributed by atoms with van der Waals surface area (Å²) in [5.74, 6) is -1.36. The van der Waals surface area contributed by atoms with Gasteiger partial charge in [0.2, 0.25) is 0 Å². The molecule has 1 rings (SSSR count). The van der Waals surface area contributed by atoms with Gasteiger partial charge in [-0.1, -0.05) is 6.07 Å². The van der Waals surface area contributed by atoms with Crippen molar-refractivity contribution in [2.45, 2.75) is 32.4 Å². The smallest absolute Gasteiger partial charge is 0.405 e. The number of aliphatic hydroxyl groups is 1. The van der Waals surface area contributed by atoms with Crippen molar-refractivity contribution in [2.24, 2.45) is 0 Å². The predicted octanol–water partition coefficient (Wildman–Crippen LogP) is 2.58. The van der Waals surface area contributed by atoms with Crippen LogP contribution in [-0.2, 0) is 6.54 Å². The highest BCUT2D eigenvalue weighted by Crippen LogP contribution is 2.27. The van der Waals surface area contributed by atoms with Gasteiger partial charge in [-0.25, -0.2) is 4.39 Å². The van der Waals surface area contributed by atoms with Crippen molar-refractivity contribution in [3.63, 3.8) is 0 Å². The van der Waals surface area contributed by atoms with E-state index in [1.165, 1.54) is 6.07 Å². The summed E-state index contributed by atoms with van der Waals surface area (Å²) < 4.78 is 53.1. The van der Waals surface area contributed by atoms with Crippen molar-refractivity contribution in [3.8, 4) is 5.75 Å². The number of halogens is 4. The van der Waals surface area contributed by atoms with E-state index in [9.17, 15) is 17.6 Å². The molecule has 0 aliphatic heterocycles. The first-order valence-corrected chi connectivity index (χ1v) is 5.71. The molecule has 0 aliphatic carbocycles. The average molecular weight is 281 g/mol. The molecule has 1 atom stereocenters. The number of alkyl halides is 3. The molecule has 0 saturated carbocycles. The number of hydrogen-bond donors (Lipinski definition) is 2. The van der Waals surface area contributed by atoms with E-state index >= 15 is 0 Å². The Morgan fingerprint density at radius 1 is 1.37 bits per heavy atom. The Hall–Kier alpha value is -1.34. The number of aliphatic hydroxyl groups excluding tert-OH is 1. The van der Waals surface area contributed by atoms with Crippen molar-refractivity contribution >= 4 is 0 Å². The van der Waals surface area contributed by atoms with E-state index in [-0.39, 0.29) is 12.1 Å². The van der Waals surface area contributed by atoms with Gasteiger partial charge in [-0.2, -0.15) is 0 Å². The summed E-state index contributed by atoms with van der Waals surface area (Å²) in [5.41, 5.74) is 0.198. The molecule has 2 N–H and O–H groups in total. The molecule has 7 heteroatoms. The Bertz CT molecular complexity index is 407. The normalized spacial score (nSPS) is 13.4. The molecule has 1 aromatic rings. The molecule has 108 valence electrons. The molecule has 1 aromatic carbocycles. The van der Waals surface area contributed by atoms with E-state index in [0.29, 0.717) is 19.0 Å². The third kappa shape index (κ3) is 6.40. The van der Waals surface area contributed by atoms with Crippen LogP contribution in [0.4, 0.5) is 17.6 Å². The monoisotopic (exact) mass is 281 g/mol. The summed E-state index contributed by atoms with van der Waals surface area (Å²) in [6.45, 7) is 2.14. The van der Waals surface area contributed by atoms with E-state index < -0.39 is 24.0 Å². The van der Waals surface area contributed by atoms with Crippen LogP contribution in [0.1, 0.15) is 18.9 Å². The lowest BCUT2D eigenvalue weighted by Crippen LogP contribution is -2.21. The predicted molar refractivity (Wildman–Crippen MR) is 61.1 cm³/mol. The lowest BCUT2D eigenvalue weighted by atomic mass is 10.2. The number of hydrogen-bond acceptors (Lipinski definition) is 3. The van der Waals surface area contributed by atoms with Gasteiger partial charge in [0.05, 0.1) is 6.10 Å². The quantitative estimate of drug-likeness (QED) is 0.622. The van der Waals surface area contributed by atoms with Gasteiger partial charge >= 0.3 is 6.36 Å². The van der Waals surface area contributed by atoms with E-state index in [1.54, 1.807) is 6.92 Å². The van der Waals surface area contributed by atoms with E-state index in [1.807, 2.05) is 0 Å². The molecular formula is C12H15F4NO2. The number of ether oxygens (including phenoxy) is 1. The first-order valence-electron chi connectivity index (χ1n) is 5.71. The minimum atomic E-state index is -4.86. The van der Waals surface area contributed by atoms with Gasteiger partial charge in [0, 0.05) is 18.2 Å². The first kappa shape index (κ1) is 15.7. The summed E-state index contributed by atoms with van der Waals surface area (Å²) in [5, 5.41) is 11.9. The minimum absolute atomic E-state index is 0.0956. The second kappa shape index (κ2) is 6.72. The average Bonchev–Trinajstić information content (AvgIpc) is 2.24. The highest BCUT2D eigenvalue weighted by molar-refractivity contribution is 5.34. The Morgan fingerprint density at radius 2 is 2.05 bits per heavy atom. The van der Waals surface area contributed by atoms with Crippen molar-refractivity contribution in [1.29, 1.82) is 0 Å². The van der Waals surface area contributed by atoms with E-state index in [4.69, 9.17) is 5.11 Å². The Kier molecular flexibility index (Phi) is 5.56. The van der Waals surface area contributed by atoms with Crippen molar-refractivity contribution in [1.82, 2.24) is 5.32 Å². The highest BCUT2D eigenvalue weighted by Gasteiger charge is 2.32. The lowest BCUT2D eigenvalue weighted by molar-refractivity contribution is -0.275. The molecule has 0 amide bonds. The van der Waals surface area contributed by atoms with Gasteiger partial charge < -0.3 is 15.2 Å². The largest absolute Gasteiger partial charge is 0.573 e. The van der Waals surface area contributed by atoms with Crippen LogP contribution in [0.3, 0.4) is 0 Å². The van der Waals surface area contributed by atoms with E-state index in [0.717, 1.165) is 6.07 Å². The standard InChI is InChI=1S/C12H15F4NO2/c1-8(18)4-5-17-7-9-2-3-10(13)6-11(9)19-12(14,15)16/h2-3,6,8,17-18H,4-5,7H2,1H3. The summed E-state index contributed by atoms with van der Waals surface area (Å²) >= 11 is 0. The maximum absolute atomic E-state index is 12.9. The zero-order valence-electron chi connectivity index (χ0n) is 10.3. The van der Waals surface area contributed by atoms with Crippen LogP contribution in [0.2, 0.25) is 0 Å². The van der Waals surface area contributed by atoms with Gasteiger partial charge in [-0.3, -0.25) is 0 Å². The molecule has 0 bridgehead atoms. The molecule has 0 fully saturated rings. The van der Waals surface area contributed by atoms with Gasteiger partial charge in [0.25, 0.3) is 0 Å². The summed E-state index contributed by atoms with van der Waals surface area (Å²) in [4.78, 5) is 0. The zero-order valence-corrected chi connectivity index (χ0v) is 10.3. The van der Waals surface area contributed by atoms with Gasteiger partial charge in [0.15, 0.2) is 0 Å². The SMILES string of the molecule is CC(O)CCNCc1ccc(F)cc1OC(F)(F)F. The minimum Gasteiger partial charge on any atom is -0.405 e. The van der Waals surface area contributed by atoms with Gasteiger partial charge in [0.1, 0.15) is 11.6 Å². The third-order valence-corrected chi connectivity index (χ3v) is 2.31. The molecule has 0 aromatic heterocycles. The summed E-state index contributed by atoms with van der Waals surface area (Å²) in [7, 11) is 0. The molecule has 3 nitrogen and oxygen atoms in total. The maximum Gasteiger partial charge on any atom is 0.573 e. The number of rotatable bonds is 6. The summed E-state index contributed by atoms with van der Waals surface area (Å²) in [6, 6.07) is 2.99. The lowest BCUT2D eigenvalue weighted by Gasteiger charge is -2.14. The fourth-order valence-electron chi connectivity index (χ4n) is 1.43. The van der Waals surface area contributed by atoms with Gasteiger partial charge in [-0.05, 0) is 26.0 Å². The second-order valence-electron chi connectivity index (χ2n) is 4.11. The topological polar surface area (TPSA) is 41.5 Å². The van der Waals surface area contributed by atoms with Crippen molar-refractivity contribution in [2.75, 3.05) is 6.54 Å².